The Bertz CT molecular complexity index is 448. The normalized spacial score (nSPS) is 16.1. The molecule has 110 valence electrons. The van der Waals surface area contributed by atoms with Gasteiger partial charge in [-0.1, -0.05) is 17.7 Å². The van der Waals surface area contributed by atoms with Crippen LogP contribution in [0.2, 0.25) is 5.02 Å². The average molecular weight is 315 g/mol. The van der Waals surface area contributed by atoms with E-state index in [0.717, 1.165) is 39.1 Å². The number of amides is 1. The molecule has 0 atom stereocenters. The van der Waals surface area contributed by atoms with E-state index in [-0.39, 0.29) is 18.3 Å². The standard InChI is InChI=1S/C15H19ClN2O.ClH/c1-2-8-17-9-3-10-18(12-11-17)15(19)13-4-6-14(16)7-5-13;/h2,4-7H,1,3,8-12H2;1H. The van der Waals surface area contributed by atoms with Gasteiger partial charge in [0.2, 0.25) is 0 Å². The number of benzene rings is 1. The van der Waals surface area contributed by atoms with Crippen molar-refractivity contribution in [3.8, 4) is 0 Å². The molecule has 1 aliphatic heterocycles. The molecule has 0 N–H and O–H groups in total. The molecule has 0 bridgehead atoms. The topological polar surface area (TPSA) is 23.6 Å². The van der Waals surface area contributed by atoms with Crippen LogP contribution in [-0.4, -0.2) is 48.4 Å². The number of halogens is 2. The maximum Gasteiger partial charge on any atom is 0.253 e. The molecule has 0 spiro atoms. The SMILES string of the molecule is C=CCN1CCCN(C(=O)c2ccc(Cl)cc2)CC1.Cl. The highest BCUT2D eigenvalue weighted by Crippen LogP contribution is 2.13. The van der Waals surface area contributed by atoms with Crippen LogP contribution in [-0.2, 0) is 0 Å². The molecule has 1 aromatic rings. The van der Waals surface area contributed by atoms with Crippen molar-refractivity contribution in [3.63, 3.8) is 0 Å². The summed E-state index contributed by atoms with van der Waals surface area (Å²) in [6, 6.07) is 7.10. The quantitative estimate of drug-likeness (QED) is 0.800. The summed E-state index contributed by atoms with van der Waals surface area (Å²) >= 11 is 5.84. The number of rotatable bonds is 3. The van der Waals surface area contributed by atoms with Gasteiger partial charge in [0.15, 0.2) is 0 Å². The van der Waals surface area contributed by atoms with Crippen molar-refractivity contribution in [3.05, 3.63) is 47.5 Å². The van der Waals surface area contributed by atoms with Crippen LogP contribution in [0.4, 0.5) is 0 Å². The molecule has 0 aliphatic carbocycles. The molecule has 1 aromatic carbocycles. The molecule has 0 radical (unpaired) electrons. The van der Waals surface area contributed by atoms with Gasteiger partial charge in [0, 0.05) is 43.3 Å². The Morgan fingerprint density at radius 3 is 2.55 bits per heavy atom. The fraction of sp³-hybridized carbons (Fsp3) is 0.400. The van der Waals surface area contributed by atoms with Gasteiger partial charge in [-0.25, -0.2) is 0 Å². The molecule has 2 rings (SSSR count). The van der Waals surface area contributed by atoms with Crippen LogP contribution in [0.3, 0.4) is 0 Å². The Morgan fingerprint density at radius 1 is 1.20 bits per heavy atom. The first-order valence-corrected chi connectivity index (χ1v) is 6.96. The molecule has 1 fully saturated rings. The van der Waals surface area contributed by atoms with Crippen molar-refractivity contribution in [1.82, 2.24) is 9.80 Å². The summed E-state index contributed by atoms with van der Waals surface area (Å²) in [5.74, 6) is 0.0946. The van der Waals surface area contributed by atoms with E-state index < -0.39 is 0 Å². The third-order valence-corrected chi connectivity index (χ3v) is 3.61. The van der Waals surface area contributed by atoms with Crippen LogP contribution < -0.4 is 0 Å². The molecule has 1 aliphatic rings. The van der Waals surface area contributed by atoms with Crippen LogP contribution in [0.15, 0.2) is 36.9 Å². The fourth-order valence-electron chi connectivity index (χ4n) is 2.31. The van der Waals surface area contributed by atoms with Gasteiger partial charge < -0.3 is 4.90 Å². The number of hydrogen-bond acceptors (Lipinski definition) is 2. The lowest BCUT2D eigenvalue weighted by atomic mass is 10.2. The second kappa shape index (κ2) is 8.30. The molecule has 20 heavy (non-hydrogen) atoms. The van der Waals surface area contributed by atoms with Gasteiger partial charge in [-0.05, 0) is 30.7 Å². The van der Waals surface area contributed by atoms with Gasteiger partial charge in [-0.15, -0.1) is 19.0 Å². The highest BCUT2D eigenvalue weighted by molar-refractivity contribution is 6.30. The van der Waals surface area contributed by atoms with Gasteiger partial charge >= 0.3 is 0 Å². The Balaban J connectivity index is 0.00000200. The van der Waals surface area contributed by atoms with Crippen molar-refractivity contribution in [2.45, 2.75) is 6.42 Å². The van der Waals surface area contributed by atoms with Crippen LogP contribution in [0.1, 0.15) is 16.8 Å². The summed E-state index contributed by atoms with van der Waals surface area (Å²) in [6.45, 7) is 8.17. The maximum absolute atomic E-state index is 12.4. The zero-order chi connectivity index (χ0) is 13.7. The van der Waals surface area contributed by atoms with E-state index in [1.807, 2.05) is 11.0 Å². The minimum atomic E-state index is 0. The first-order chi connectivity index (χ1) is 9.20. The van der Waals surface area contributed by atoms with Gasteiger partial charge in [-0.3, -0.25) is 9.69 Å². The van der Waals surface area contributed by atoms with Gasteiger partial charge in [0.05, 0.1) is 0 Å². The van der Waals surface area contributed by atoms with E-state index in [0.29, 0.717) is 10.6 Å². The van der Waals surface area contributed by atoms with Crippen molar-refractivity contribution < 1.29 is 4.79 Å². The lowest BCUT2D eigenvalue weighted by Gasteiger charge is -2.21. The maximum atomic E-state index is 12.4. The molecule has 1 saturated heterocycles. The number of hydrogen-bond donors (Lipinski definition) is 0. The monoisotopic (exact) mass is 314 g/mol. The van der Waals surface area contributed by atoms with E-state index in [1.165, 1.54) is 0 Å². The Morgan fingerprint density at radius 2 is 1.90 bits per heavy atom. The largest absolute Gasteiger partial charge is 0.337 e. The summed E-state index contributed by atoms with van der Waals surface area (Å²) < 4.78 is 0. The molecule has 5 heteroatoms. The van der Waals surface area contributed by atoms with E-state index in [4.69, 9.17) is 11.6 Å². The van der Waals surface area contributed by atoms with Crippen LogP contribution in [0.25, 0.3) is 0 Å². The molecule has 0 saturated carbocycles. The summed E-state index contributed by atoms with van der Waals surface area (Å²) in [7, 11) is 0. The molecule has 1 amide bonds. The van der Waals surface area contributed by atoms with Gasteiger partial charge in [0.25, 0.3) is 5.91 Å². The number of nitrogens with zero attached hydrogens (tertiary/aromatic N) is 2. The van der Waals surface area contributed by atoms with Crippen LogP contribution in [0.5, 0.6) is 0 Å². The number of carbonyl (C=O) groups is 1. The lowest BCUT2D eigenvalue weighted by Crippen LogP contribution is -2.35. The Hall–Kier alpha value is -1.03. The summed E-state index contributed by atoms with van der Waals surface area (Å²) in [4.78, 5) is 16.6. The van der Waals surface area contributed by atoms with Crippen molar-refractivity contribution >= 4 is 29.9 Å². The van der Waals surface area contributed by atoms with Gasteiger partial charge in [-0.2, -0.15) is 0 Å². The van der Waals surface area contributed by atoms with E-state index in [1.54, 1.807) is 24.3 Å². The van der Waals surface area contributed by atoms with E-state index in [2.05, 4.69) is 11.5 Å². The predicted molar refractivity (Wildman–Crippen MR) is 85.9 cm³/mol. The third kappa shape index (κ3) is 4.51. The number of carbonyl (C=O) groups excluding carboxylic acids is 1. The zero-order valence-corrected chi connectivity index (χ0v) is 13.0. The Kier molecular flexibility index (Phi) is 7.06. The Labute approximate surface area is 131 Å². The third-order valence-electron chi connectivity index (χ3n) is 3.35. The minimum absolute atomic E-state index is 0. The molecule has 3 nitrogen and oxygen atoms in total. The smallest absolute Gasteiger partial charge is 0.253 e. The van der Waals surface area contributed by atoms with Crippen molar-refractivity contribution in [2.24, 2.45) is 0 Å². The van der Waals surface area contributed by atoms with Crippen molar-refractivity contribution in [1.29, 1.82) is 0 Å². The first-order valence-electron chi connectivity index (χ1n) is 6.59. The molecular weight excluding hydrogens is 295 g/mol. The second-order valence-corrected chi connectivity index (χ2v) is 5.18. The van der Waals surface area contributed by atoms with Crippen molar-refractivity contribution in [2.75, 3.05) is 32.7 Å². The van der Waals surface area contributed by atoms with Crippen LogP contribution >= 0.6 is 24.0 Å². The van der Waals surface area contributed by atoms with Gasteiger partial charge in [0.1, 0.15) is 0 Å². The molecular formula is C15H20Cl2N2O. The highest BCUT2D eigenvalue weighted by Gasteiger charge is 2.19. The molecule has 0 unspecified atom stereocenters. The highest BCUT2D eigenvalue weighted by atomic mass is 35.5. The molecule has 0 aromatic heterocycles. The first kappa shape index (κ1) is 17.0. The average Bonchev–Trinajstić information content (AvgIpc) is 2.65. The summed E-state index contributed by atoms with van der Waals surface area (Å²) in [5.41, 5.74) is 0.710. The van der Waals surface area contributed by atoms with Crippen LogP contribution in [0, 0.1) is 0 Å². The lowest BCUT2D eigenvalue weighted by molar-refractivity contribution is 0.0762. The molecule has 1 heterocycles. The second-order valence-electron chi connectivity index (χ2n) is 4.74. The fourth-order valence-corrected chi connectivity index (χ4v) is 2.44. The summed E-state index contributed by atoms with van der Waals surface area (Å²) in [6.07, 6.45) is 2.92. The minimum Gasteiger partial charge on any atom is -0.337 e. The zero-order valence-electron chi connectivity index (χ0n) is 11.4. The van der Waals surface area contributed by atoms with E-state index >= 15 is 0 Å². The predicted octanol–water partition coefficient (Wildman–Crippen LogP) is 3.10. The summed E-state index contributed by atoms with van der Waals surface area (Å²) in [5, 5.41) is 0.657. The van der Waals surface area contributed by atoms with E-state index in [9.17, 15) is 4.79 Å².